The van der Waals surface area contributed by atoms with Crippen molar-refractivity contribution in [3.8, 4) is 0 Å². The summed E-state index contributed by atoms with van der Waals surface area (Å²) in [6.07, 6.45) is 4.29. The lowest BCUT2D eigenvalue weighted by molar-refractivity contribution is -0.138. The maximum Gasteiger partial charge on any atom is 0.305 e. The molecule has 0 aliphatic heterocycles. The Bertz CT molecular complexity index is 420. The summed E-state index contributed by atoms with van der Waals surface area (Å²) in [5.41, 5.74) is 0. The molecule has 0 radical (unpaired) electrons. The summed E-state index contributed by atoms with van der Waals surface area (Å²) in [5.74, 6) is -0.623. The lowest BCUT2D eigenvalue weighted by atomic mass is 10.0. The molecule has 18 heavy (non-hydrogen) atoms. The molecule has 0 spiro atoms. The SMILES string of the molecule is CC(C)C(CC(=O)O)NC(=O)/C=C/c1ccco1. The van der Waals surface area contributed by atoms with Gasteiger partial charge in [0, 0.05) is 12.1 Å². The fourth-order valence-corrected chi connectivity index (χ4v) is 1.42. The van der Waals surface area contributed by atoms with Gasteiger partial charge in [0.15, 0.2) is 0 Å². The average Bonchev–Trinajstić information content (AvgIpc) is 2.77. The summed E-state index contributed by atoms with van der Waals surface area (Å²) in [6.45, 7) is 3.73. The number of hydrogen-bond acceptors (Lipinski definition) is 3. The molecule has 0 bridgehead atoms. The Labute approximate surface area is 105 Å². The number of nitrogens with one attached hydrogen (secondary N) is 1. The van der Waals surface area contributed by atoms with Gasteiger partial charge in [-0.3, -0.25) is 9.59 Å². The van der Waals surface area contributed by atoms with Crippen LogP contribution in [0.5, 0.6) is 0 Å². The van der Waals surface area contributed by atoms with Gasteiger partial charge in [-0.15, -0.1) is 0 Å². The second-order valence-electron chi connectivity index (χ2n) is 4.31. The van der Waals surface area contributed by atoms with E-state index < -0.39 is 5.97 Å². The molecule has 1 rings (SSSR count). The molecule has 0 aliphatic carbocycles. The van der Waals surface area contributed by atoms with E-state index in [1.165, 1.54) is 18.4 Å². The summed E-state index contributed by atoms with van der Waals surface area (Å²) in [6, 6.07) is 3.07. The van der Waals surface area contributed by atoms with Crippen molar-refractivity contribution in [2.45, 2.75) is 26.3 Å². The predicted octanol–water partition coefficient (Wildman–Crippen LogP) is 1.91. The lowest BCUT2D eigenvalue weighted by Crippen LogP contribution is -2.39. The molecule has 1 amide bonds. The zero-order valence-electron chi connectivity index (χ0n) is 10.4. The van der Waals surface area contributed by atoms with Crippen molar-refractivity contribution in [3.05, 3.63) is 30.2 Å². The monoisotopic (exact) mass is 251 g/mol. The number of rotatable bonds is 6. The van der Waals surface area contributed by atoms with Gasteiger partial charge < -0.3 is 14.8 Å². The van der Waals surface area contributed by atoms with E-state index in [0.717, 1.165) is 0 Å². The van der Waals surface area contributed by atoms with Crippen molar-refractivity contribution < 1.29 is 19.1 Å². The van der Waals surface area contributed by atoms with E-state index in [2.05, 4.69) is 5.32 Å². The first-order chi connectivity index (χ1) is 8.49. The number of amides is 1. The van der Waals surface area contributed by atoms with Crippen LogP contribution in [0.25, 0.3) is 6.08 Å². The molecule has 0 fully saturated rings. The number of carbonyl (C=O) groups is 2. The third-order valence-electron chi connectivity index (χ3n) is 2.47. The largest absolute Gasteiger partial charge is 0.481 e. The van der Waals surface area contributed by atoms with Crippen LogP contribution in [0.3, 0.4) is 0 Å². The smallest absolute Gasteiger partial charge is 0.305 e. The number of furan rings is 1. The Morgan fingerprint density at radius 3 is 2.72 bits per heavy atom. The van der Waals surface area contributed by atoms with Gasteiger partial charge in [0.2, 0.25) is 5.91 Å². The molecule has 98 valence electrons. The van der Waals surface area contributed by atoms with Gasteiger partial charge in [-0.05, 0) is 24.1 Å². The van der Waals surface area contributed by atoms with Crippen LogP contribution in [0.4, 0.5) is 0 Å². The highest BCUT2D eigenvalue weighted by Gasteiger charge is 2.18. The second-order valence-corrected chi connectivity index (χ2v) is 4.31. The molecule has 0 aromatic carbocycles. The van der Waals surface area contributed by atoms with Crippen LogP contribution in [0.15, 0.2) is 28.9 Å². The zero-order valence-corrected chi connectivity index (χ0v) is 10.4. The van der Waals surface area contributed by atoms with Gasteiger partial charge >= 0.3 is 5.97 Å². The summed E-state index contributed by atoms with van der Waals surface area (Å²) >= 11 is 0. The molecule has 1 aromatic heterocycles. The molecule has 0 aliphatic rings. The fraction of sp³-hybridized carbons (Fsp3) is 0.385. The molecule has 0 saturated heterocycles. The Kier molecular flexibility index (Phi) is 5.17. The summed E-state index contributed by atoms with van der Waals surface area (Å²) in [5, 5.41) is 11.4. The van der Waals surface area contributed by atoms with E-state index in [4.69, 9.17) is 9.52 Å². The van der Waals surface area contributed by atoms with Crippen LogP contribution in [-0.2, 0) is 9.59 Å². The van der Waals surface area contributed by atoms with Gasteiger partial charge in [-0.25, -0.2) is 0 Å². The molecular formula is C13H17NO4. The Hall–Kier alpha value is -2.04. The minimum Gasteiger partial charge on any atom is -0.481 e. The van der Waals surface area contributed by atoms with Crippen molar-refractivity contribution in [2.24, 2.45) is 5.92 Å². The zero-order chi connectivity index (χ0) is 13.5. The minimum absolute atomic E-state index is 0.0575. The molecule has 1 atom stereocenters. The molecule has 1 aromatic rings. The highest BCUT2D eigenvalue weighted by molar-refractivity contribution is 5.91. The topological polar surface area (TPSA) is 79.5 Å². The number of carboxylic acid groups (broad SMARTS) is 1. The van der Waals surface area contributed by atoms with Gasteiger partial charge in [0.1, 0.15) is 5.76 Å². The van der Waals surface area contributed by atoms with Crippen LogP contribution < -0.4 is 5.32 Å². The van der Waals surface area contributed by atoms with Crippen LogP contribution in [0.2, 0.25) is 0 Å². The Balaban J connectivity index is 2.53. The lowest BCUT2D eigenvalue weighted by Gasteiger charge is -2.19. The summed E-state index contributed by atoms with van der Waals surface area (Å²) in [7, 11) is 0. The molecule has 5 nitrogen and oxygen atoms in total. The fourth-order valence-electron chi connectivity index (χ4n) is 1.42. The maximum absolute atomic E-state index is 11.6. The molecule has 1 unspecified atom stereocenters. The third kappa shape index (κ3) is 4.86. The van der Waals surface area contributed by atoms with Crippen molar-refractivity contribution in [1.29, 1.82) is 0 Å². The first-order valence-corrected chi connectivity index (χ1v) is 5.73. The number of aliphatic carboxylic acids is 1. The van der Waals surface area contributed by atoms with Crippen molar-refractivity contribution in [3.63, 3.8) is 0 Å². The summed E-state index contributed by atoms with van der Waals surface area (Å²) < 4.78 is 5.04. The number of carbonyl (C=O) groups excluding carboxylic acids is 1. The maximum atomic E-state index is 11.6. The van der Waals surface area contributed by atoms with E-state index in [-0.39, 0.29) is 24.3 Å². The Morgan fingerprint density at radius 2 is 2.22 bits per heavy atom. The molecular weight excluding hydrogens is 234 g/mol. The molecule has 1 heterocycles. The molecule has 0 saturated carbocycles. The van der Waals surface area contributed by atoms with Crippen molar-refractivity contribution in [2.75, 3.05) is 0 Å². The second kappa shape index (κ2) is 6.64. The molecule has 5 heteroatoms. The third-order valence-corrected chi connectivity index (χ3v) is 2.47. The summed E-state index contributed by atoms with van der Waals surface area (Å²) in [4.78, 5) is 22.3. The minimum atomic E-state index is -0.927. The van der Waals surface area contributed by atoms with Gasteiger partial charge in [0.05, 0.1) is 12.7 Å². The van der Waals surface area contributed by atoms with Gasteiger partial charge in [0.25, 0.3) is 0 Å². The quantitative estimate of drug-likeness (QED) is 0.757. The highest BCUT2D eigenvalue weighted by Crippen LogP contribution is 2.07. The van der Waals surface area contributed by atoms with Crippen LogP contribution >= 0.6 is 0 Å². The first-order valence-electron chi connectivity index (χ1n) is 5.73. The van der Waals surface area contributed by atoms with Crippen molar-refractivity contribution >= 4 is 18.0 Å². The van der Waals surface area contributed by atoms with E-state index in [1.807, 2.05) is 13.8 Å². The van der Waals surface area contributed by atoms with Crippen molar-refractivity contribution in [1.82, 2.24) is 5.32 Å². The van der Waals surface area contributed by atoms with Gasteiger partial charge in [-0.2, -0.15) is 0 Å². The standard InChI is InChI=1S/C13H17NO4/c1-9(2)11(8-13(16)17)14-12(15)6-5-10-4-3-7-18-10/h3-7,9,11H,8H2,1-2H3,(H,14,15)(H,16,17)/b6-5+. The Morgan fingerprint density at radius 1 is 1.50 bits per heavy atom. The number of carboxylic acids is 1. The predicted molar refractivity (Wildman–Crippen MR) is 66.8 cm³/mol. The van der Waals surface area contributed by atoms with E-state index in [9.17, 15) is 9.59 Å². The van der Waals surface area contributed by atoms with Crippen LogP contribution in [0, 0.1) is 5.92 Å². The van der Waals surface area contributed by atoms with E-state index in [1.54, 1.807) is 12.1 Å². The van der Waals surface area contributed by atoms with Crippen LogP contribution in [-0.4, -0.2) is 23.0 Å². The average molecular weight is 251 g/mol. The van der Waals surface area contributed by atoms with E-state index in [0.29, 0.717) is 5.76 Å². The van der Waals surface area contributed by atoms with Gasteiger partial charge in [-0.1, -0.05) is 13.8 Å². The highest BCUT2D eigenvalue weighted by atomic mass is 16.4. The van der Waals surface area contributed by atoms with Crippen LogP contribution in [0.1, 0.15) is 26.0 Å². The van der Waals surface area contributed by atoms with E-state index >= 15 is 0 Å². The first kappa shape index (κ1) is 14.0. The number of hydrogen-bond donors (Lipinski definition) is 2. The molecule has 2 N–H and O–H groups in total. The normalized spacial score (nSPS) is 12.8.